The summed E-state index contributed by atoms with van der Waals surface area (Å²) in [5.74, 6) is -0.0555. The van der Waals surface area contributed by atoms with Crippen molar-refractivity contribution in [3.63, 3.8) is 0 Å². The number of benzene rings is 2. The minimum atomic E-state index is -0.0555. The van der Waals surface area contributed by atoms with E-state index < -0.39 is 0 Å². The summed E-state index contributed by atoms with van der Waals surface area (Å²) >= 11 is 12.8. The van der Waals surface area contributed by atoms with Gasteiger partial charge in [0.15, 0.2) is 0 Å². The molecule has 27 heavy (non-hydrogen) atoms. The highest BCUT2D eigenvalue weighted by Gasteiger charge is 2.26. The van der Waals surface area contributed by atoms with Gasteiger partial charge in [-0.2, -0.15) is 0 Å². The molecule has 4 nitrogen and oxygen atoms in total. The molecule has 138 valence electrons. The van der Waals surface area contributed by atoms with Crippen LogP contribution in [0, 0.1) is 6.92 Å². The molecule has 1 aromatic heterocycles. The van der Waals surface area contributed by atoms with E-state index in [0.29, 0.717) is 47.6 Å². The second-order valence-corrected chi connectivity index (χ2v) is 7.34. The average molecular weight is 401 g/mol. The Hall–Kier alpha value is -2.14. The summed E-state index contributed by atoms with van der Waals surface area (Å²) in [6.07, 6.45) is 0. The predicted octanol–water partition coefficient (Wildman–Crippen LogP) is 4.99. The zero-order chi connectivity index (χ0) is 19.0. The topological polar surface area (TPSA) is 42.4 Å². The molecule has 0 saturated carbocycles. The lowest BCUT2D eigenvalue weighted by Gasteiger charge is -2.28. The maximum Gasteiger partial charge on any atom is 0.256 e. The van der Waals surface area contributed by atoms with Crippen molar-refractivity contribution in [2.75, 3.05) is 26.3 Å². The van der Waals surface area contributed by atoms with Crippen molar-refractivity contribution in [1.82, 2.24) is 9.88 Å². The second kappa shape index (κ2) is 7.47. The molecule has 6 heteroatoms. The third-order valence-corrected chi connectivity index (χ3v) is 5.35. The summed E-state index contributed by atoms with van der Waals surface area (Å²) in [4.78, 5) is 19.9. The molecule has 0 N–H and O–H groups in total. The van der Waals surface area contributed by atoms with Crippen LogP contribution in [0.2, 0.25) is 10.0 Å². The van der Waals surface area contributed by atoms with E-state index in [1.165, 1.54) is 0 Å². The number of aromatic nitrogens is 1. The minimum Gasteiger partial charge on any atom is -0.378 e. The number of amides is 1. The maximum atomic E-state index is 13.4. The van der Waals surface area contributed by atoms with Crippen LogP contribution in [0.1, 0.15) is 16.1 Å². The van der Waals surface area contributed by atoms with Gasteiger partial charge in [-0.05, 0) is 31.2 Å². The number of nitrogens with zero attached hydrogens (tertiary/aromatic N) is 2. The van der Waals surface area contributed by atoms with E-state index >= 15 is 0 Å². The zero-order valence-electron chi connectivity index (χ0n) is 14.8. The van der Waals surface area contributed by atoms with Crippen molar-refractivity contribution in [1.29, 1.82) is 0 Å². The number of halogens is 2. The lowest BCUT2D eigenvalue weighted by atomic mass is 9.93. The average Bonchev–Trinajstić information content (AvgIpc) is 2.68. The highest BCUT2D eigenvalue weighted by atomic mass is 35.5. The van der Waals surface area contributed by atoms with Gasteiger partial charge in [0.05, 0.1) is 30.0 Å². The van der Waals surface area contributed by atoms with Crippen molar-refractivity contribution in [2.24, 2.45) is 0 Å². The predicted molar refractivity (Wildman–Crippen MR) is 109 cm³/mol. The van der Waals surface area contributed by atoms with E-state index in [0.717, 1.165) is 22.0 Å². The Labute approximate surface area is 167 Å². The van der Waals surface area contributed by atoms with E-state index in [2.05, 4.69) is 4.98 Å². The van der Waals surface area contributed by atoms with Crippen LogP contribution in [0.3, 0.4) is 0 Å². The number of aryl methyl sites for hydroxylation is 1. The Morgan fingerprint density at radius 2 is 1.85 bits per heavy atom. The monoisotopic (exact) mass is 400 g/mol. The Balaban J connectivity index is 2.02. The first-order chi connectivity index (χ1) is 13.1. The number of hydrogen-bond acceptors (Lipinski definition) is 3. The van der Waals surface area contributed by atoms with Crippen LogP contribution in [-0.2, 0) is 4.74 Å². The van der Waals surface area contributed by atoms with E-state index in [4.69, 9.17) is 27.9 Å². The zero-order valence-corrected chi connectivity index (χ0v) is 16.3. The molecule has 1 saturated heterocycles. The fourth-order valence-corrected chi connectivity index (χ4v) is 3.89. The first-order valence-corrected chi connectivity index (χ1v) is 9.53. The van der Waals surface area contributed by atoms with Gasteiger partial charge >= 0.3 is 0 Å². The third-order valence-electron chi connectivity index (χ3n) is 4.78. The molecule has 4 rings (SSSR count). The van der Waals surface area contributed by atoms with Gasteiger partial charge in [-0.1, -0.05) is 41.4 Å². The van der Waals surface area contributed by atoms with Gasteiger partial charge in [0, 0.05) is 39.6 Å². The molecule has 3 aromatic rings. The largest absolute Gasteiger partial charge is 0.378 e. The fraction of sp³-hybridized carbons (Fsp3) is 0.238. The van der Waals surface area contributed by atoms with Crippen molar-refractivity contribution in [3.8, 4) is 11.1 Å². The summed E-state index contributed by atoms with van der Waals surface area (Å²) < 4.78 is 5.39. The molecule has 0 aliphatic carbocycles. The van der Waals surface area contributed by atoms with Gasteiger partial charge in [0.2, 0.25) is 0 Å². The van der Waals surface area contributed by atoms with Gasteiger partial charge in [-0.15, -0.1) is 0 Å². The van der Waals surface area contributed by atoms with Crippen LogP contribution in [0.15, 0.2) is 42.5 Å². The van der Waals surface area contributed by atoms with Crippen LogP contribution in [0.25, 0.3) is 22.0 Å². The number of carbonyl (C=O) groups is 1. The van der Waals surface area contributed by atoms with Crippen molar-refractivity contribution >= 4 is 40.0 Å². The lowest BCUT2D eigenvalue weighted by molar-refractivity contribution is 0.0302. The molecule has 0 bridgehead atoms. The van der Waals surface area contributed by atoms with Gasteiger partial charge in [0.25, 0.3) is 5.91 Å². The third kappa shape index (κ3) is 3.41. The van der Waals surface area contributed by atoms with E-state index in [-0.39, 0.29) is 5.91 Å². The second-order valence-electron chi connectivity index (χ2n) is 6.49. The van der Waals surface area contributed by atoms with E-state index in [9.17, 15) is 4.79 Å². The Bertz CT molecular complexity index is 1030. The van der Waals surface area contributed by atoms with E-state index in [1.807, 2.05) is 48.2 Å². The quantitative estimate of drug-likeness (QED) is 0.608. The first kappa shape index (κ1) is 18.2. The number of hydrogen-bond donors (Lipinski definition) is 0. The summed E-state index contributed by atoms with van der Waals surface area (Å²) in [6, 6.07) is 13.1. The Kier molecular flexibility index (Phi) is 5.04. The molecule has 0 atom stereocenters. The molecule has 0 spiro atoms. The number of rotatable bonds is 2. The van der Waals surface area contributed by atoms with Crippen LogP contribution >= 0.6 is 23.2 Å². The first-order valence-electron chi connectivity index (χ1n) is 8.78. The van der Waals surface area contributed by atoms with Crippen molar-refractivity contribution < 1.29 is 9.53 Å². The van der Waals surface area contributed by atoms with E-state index in [1.54, 1.807) is 6.07 Å². The van der Waals surface area contributed by atoms with Gasteiger partial charge in [-0.25, -0.2) is 0 Å². The molecular formula is C21H18Cl2N2O2. The van der Waals surface area contributed by atoms with Crippen LogP contribution in [0.5, 0.6) is 0 Å². The Morgan fingerprint density at radius 1 is 1.11 bits per heavy atom. The minimum absolute atomic E-state index is 0.0555. The smallest absolute Gasteiger partial charge is 0.256 e. The summed E-state index contributed by atoms with van der Waals surface area (Å²) in [7, 11) is 0. The molecule has 1 aliphatic heterocycles. The summed E-state index contributed by atoms with van der Waals surface area (Å²) in [5, 5.41) is 1.99. The number of fused-ring (bicyclic) bond motifs is 1. The van der Waals surface area contributed by atoms with Crippen molar-refractivity contribution in [2.45, 2.75) is 6.92 Å². The SMILES string of the molecule is Cc1nc2ccc(Cl)cc2c(-c2ccccc2Cl)c1C(=O)N1CCOCC1. The molecule has 0 radical (unpaired) electrons. The summed E-state index contributed by atoms with van der Waals surface area (Å²) in [5.41, 5.74) is 3.61. The molecular weight excluding hydrogens is 383 g/mol. The fourth-order valence-electron chi connectivity index (χ4n) is 3.49. The number of morpholine rings is 1. The molecule has 1 aliphatic rings. The Morgan fingerprint density at radius 3 is 2.59 bits per heavy atom. The normalized spacial score (nSPS) is 14.6. The molecule has 1 fully saturated rings. The van der Waals surface area contributed by atoms with Crippen LogP contribution < -0.4 is 0 Å². The summed E-state index contributed by atoms with van der Waals surface area (Å²) in [6.45, 7) is 4.07. The van der Waals surface area contributed by atoms with Gasteiger partial charge < -0.3 is 9.64 Å². The number of ether oxygens (including phenoxy) is 1. The lowest BCUT2D eigenvalue weighted by Crippen LogP contribution is -2.41. The molecule has 2 aromatic carbocycles. The number of carbonyl (C=O) groups excluding carboxylic acids is 1. The highest BCUT2D eigenvalue weighted by Crippen LogP contribution is 2.38. The van der Waals surface area contributed by atoms with Gasteiger partial charge in [0.1, 0.15) is 0 Å². The number of pyridine rings is 1. The van der Waals surface area contributed by atoms with Crippen molar-refractivity contribution in [3.05, 3.63) is 63.8 Å². The van der Waals surface area contributed by atoms with Crippen LogP contribution in [0.4, 0.5) is 0 Å². The van der Waals surface area contributed by atoms with Gasteiger partial charge in [-0.3, -0.25) is 9.78 Å². The molecule has 2 heterocycles. The maximum absolute atomic E-state index is 13.4. The highest BCUT2D eigenvalue weighted by molar-refractivity contribution is 6.34. The van der Waals surface area contributed by atoms with Crippen LogP contribution in [-0.4, -0.2) is 42.1 Å². The molecule has 1 amide bonds. The standard InChI is InChI=1S/C21H18Cl2N2O2/c1-13-19(21(26)25-8-10-27-11-9-25)20(15-4-2-3-5-17(15)23)16-12-14(22)6-7-18(16)24-13/h2-7,12H,8-11H2,1H3. The molecule has 0 unspecified atom stereocenters.